The van der Waals surface area contributed by atoms with Gasteiger partial charge in [0.2, 0.25) is 16.9 Å². The van der Waals surface area contributed by atoms with Crippen LogP contribution in [0.3, 0.4) is 0 Å². The molecule has 0 aliphatic heterocycles. The maximum absolute atomic E-state index is 12.2. The summed E-state index contributed by atoms with van der Waals surface area (Å²) < 4.78 is 1.34. The molecule has 0 aliphatic rings. The summed E-state index contributed by atoms with van der Waals surface area (Å²) in [5.41, 5.74) is 4.13. The lowest BCUT2D eigenvalue weighted by Crippen LogP contribution is -2.16. The fraction of sp³-hybridized carbons (Fsp3) is 0.100. The molecule has 2 aromatic heterocycles. The SMILES string of the molecule is Cc1ccc(NC(=O)CSc2nnc(-c3cc(-c4ccc(Cl)cc4)n[nH]3)n2N)cc1. The third kappa shape index (κ3) is 4.47. The van der Waals surface area contributed by atoms with E-state index in [1.165, 1.54) is 16.4 Å². The van der Waals surface area contributed by atoms with Crippen LogP contribution in [-0.4, -0.2) is 36.7 Å². The molecule has 0 atom stereocenters. The van der Waals surface area contributed by atoms with Crippen molar-refractivity contribution in [2.24, 2.45) is 0 Å². The Balaban J connectivity index is 1.42. The van der Waals surface area contributed by atoms with Crippen LogP contribution < -0.4 is 11.2 Å². The van der Waals surface area contributed by atoms with Crippen LogP contribution in [0.25, 0.3) is 22.8 Å². The van der Waals surface area contributed by atoms with Crippen LogP contribution >= 0.6 is 23.4 Å². The van der Waals surface area contributed by atoms with Crippen LogP contribution in [-0.2, 0) is 4.79 Å². The number of aromatic amines is 1. The highest BCUT2D eigenvalue weighted by Crippen LogP contribution is 2.25. The second-order valence-corrected chi connectivity index (χ2v) is 7.93. The molecule has 2 heterocycles. The highest BCUT2D eigenvalue weighted by atomic mass is 35.5. The van der Waals surface area contributed by atoms with Crippen LogP contribution in [0.4, 0.5) is 5.69 Å². The minimum Gasteiger partial charge on any atom is -0.335 e. The number of aryl methyl sites for hydroxylation is 1. The predicted molar refractivity (Wildman–Crippen MR) is 119 cm³/mol. The van der Waals surface area contributed by atoms with Crippen LogP contribution in [0.2, 0.25) is 5.02 Å². The van der Waals surface area contributed by atoms with Gasteiger partial charge in [0.25, 0.3) is 0 Å². The molecule has 4 N–H and O–H groups in total. The minimum absolute atomic E-state index is 0.153. The Morgan fingerprint density at radius 1 is 1.17 bits per heavy atom. The third-order valence-corrected chi connectivity index (χ3v) is 5.49. The first-order chi connectivity index (χ1) is 14.5. The van der Waals surface area contributed by atoms with Crippen molar-refractivity contribution in [2.45, 2.75) is 12.1 Å². The Hall–Kier alpha value is -3.30. The molecule has 0 unspecified atom stereocenters. The number of nitrogens with one attached hydrogen (secondary N) is 2. The topological polar surface area (TPSA) is 115 Å². The Morgan fingerprint density at radius 2 is 1.90 bits per heavy atom. The van der Waals surface area contributed by atoms with Crippen LogP contribution in [0, 0.1) is 6.92 Å². The van der Waals surface area contributed by atoms with E-state index < -0.39 is 0 Å². The molecule has 0 spiro atoms. The maximum atomic E-state index is 12.2. The van der Waals surface area contributed by atoms with Gasteiger partial charge in [0, 0.05) is 16.3 Å². The van der Waals surface area contributed by atoms with Crippen molar-refractivity contribution in [3.05, 3.63) is 65.2 Å². The summed E-state index contributed by atoms with van der Waals surface area (Å²) in [5, 5.41) is 19.3. The quantitative estimate of drug-likeness (QED) is 0.311. The number of hydrogen-bond acceptors (Lipinski definition) is 6. The number of carbonyl (C=O) groups excluding carboxylic acids is 1. The summed E-state index contributed by atoms with van der Waals surface area (Å²) in [6.07, 6.45) is 0. The van der Waals surface area contributed by atoms with E-state index in [4.69, 9.17) is 17.4 Å². The summed E-state index contributed by atoms with van der Waals surface area (Å²) in [6.45, 7) is 1.99. The molecule has 0 saturated carbocycles. The van der Waals surface area contributed by atoms with E-state index in [0.29, 0.717) is 21.7 Å². The molecule has 0 bridgehead atoms. The van der Waals surface area contributed by atoms with Crippen LogP contribution in [0.5, 0.6) is 0 Å². The summed E-state index contributed by atoms with van der Waals surface area (Å²) in [4.78, 5) is 12.2. The largest absolute Gasteiger partial charge is 0.335 e. The Labute approximate surface area is 181 Å². The Kier molecular flexibility index (Phi) is 5.73. The van der Waals surface area contributed by atoms with Crippen molar-refractivity contribution in [3.63, 3.8) is 0 Å². The highest BCUT2D eigenvalue weighted by Gasteiger charge is 2.16. The fourth-order valence-corrected chi connectivity index (χ4v) is 3.51. The molecule has 2 aromatic carbocycles. The van der Waals surface area contributed by atoms with Gasteiger partial charge in [-0.05, 0) is 37.3 Å². The number of H-pyrrole nitrogens is 1. The van der Waals surface area contributed by atoms with Crippen molar-refractivity contribution in [2.75, 3.05) is 16.9 Å². The number of thioether (sulfide) groups is 1. The first-order valence-corrected chi connectivity index (χ1v) is 10.4. The number of nitrogens with two attached hydrogens (primary N) is 1. The van der Waals surface area contributed by atoms with Crippen LogP contribution in [0.15, 0.2) is 59.8 Å². The summed E-state index contributed by atoms with van der Waals surface area (Å²) in [5.74, 6) is 6.56. The highest BCUT2D eigenvalue weighted by molar-refractivity contribution is 7.99. The van der Waals surface area contributed by atoms with E-state index in [0.717, 1.165) is 22.5 Å². The van der Waals surface area contributed by atoms with Gasteiger partial charge < -0.3 is 11.2 Å². The number of hydrogen-bond donors (Lipinski definition) is 3. The summed E-state index contributed by atoms with van der Waals surface area (Å²) in [7, 11) is 0. The van der Waals surface area contributed by atoms with Crippen molar-refractivity contribution >= 4 is 35.0 Å². The second-order valence-electron chi connectivity index (χ2n) is 6.55. The molecule has 0 aliphatic carbocycles. The van der Waals surface area contributed by atoms with Gasteiger partial charge >= 0.3 is 0 Å². The smallest absolute Gasteiger partial charge is 0.234 e. The first kappa shape index (κ1) is 20.0. The second kappa shape index (κ2) is 8.60. The van der Waals surface area contributed by atoms with Crippen LogP contribution in [0.1, 0.15) is 5.56 Å². The zero-order valence-electron chi connectivity index (χ0n) is 16.0. The van der Waals surface area contributed by atoms with E-state index in [1.807, 2.05) is 49.4 Å². The molecule has 4 aromatic rings. The molecule has 152 valence electrons. The monoisotopic (exact) mass is 439 g/mol. The number of halogens is 1. The third-order valence-electron chi connectivity index (χ3n) is 4.29. The number of amides is 1. The molecule has 10 heteroatoms. The summed E-state index contributed by atoms with van der Waals surface area (Å²) >= 11 is 7.13. The number of anilines is 1. The van der Waals surface area contributed by atoms with Crippen molar-refractivity contribution in [1.29, 1.82) is 0 Å². The number of rotatable bonds is 6. The predicted octanol–water partition coefficient (Wildman–Crippen LogP) is 3.74. The molecule has 30 heavy (non-hydrogen) atoms. The lowest BCUT2D eigenvalue weighted by molar-refractivity contribution is -0.113. The van der Waals surface area contributed by atoms with Gasteiger partial charge in [0.15, 0.2) is 0 Å². The average molecular weight is 440 g/mol. The van der Waals surface area contributed by atoms with Crippen molar-refractivity contribution in [1.82, 2.24) is 25.1 Å². The van der Waals surface area contributed by atoms with Crippen molar-refractivity contribution in [3.8, 4) is 22.8 Å². The number of benzene rings is 2. The normalized spacial score (nSPS) is 10.9. The zero-order chi connectivity index (χ0) is 21.1. The van der Waals surface area contributed by atoms with E-state index >= 15 is 0 Å². The van der Waals surface area contributed by atoms with Gasteiger partial charge in [-0.2, -0.15) is 5.10 Å². The van der Waals surface area contributed by atoms with E-state index in [2.05, 4.69) is 25.7 Å². The Bertz CT molecular complexity index is 1170. The molecular formula is C20H18ClN7OS. The minimum atomic E-state index is -0.153. The summed E-state index contributed by atoms with van der Waals surface area (Å²) in [6, 6.07) is 16.8. The van der Waals surface area contributed by atoms with E-state index in [9.17, 15) is 4.79 Å². The van der Waals surface area contributed by atoms with E-state index in [-0.39, 0.29) is 11.7 Å². The number of nitrogen functional groups attached to an aromatic ring is 1. The lowest BCUT2D eigenvalue weighted by atomic mass is 10.1. The van der Waals surface area contributed by atoms with Crippen molar-refractivity contribution < 1.29 is 4.79 Å². The average Bonchev–Trinajstić information content (AvgIpc) is 3.35. The van der Waals surface area contributed by atoms with Gasteiger partial charge in [-0.15, -0.1) is 10.2 Å². The van der Waals surface area contributed by atoms with Gasteiger partial charge in [-0.25, -0.2) is 4.68 Å². The fourth-order valence-electron chi connectivity index (χ4n) is 2.73. The van der Waals surface area contributed by atoms with Gasteiger partial charge in [0.05, 0.1) is 11.4 Å². The molecule has 0 radical (unpaired) electrons. The lowest BCUT2D eigenvalue weighted by Gasteiger charge is -2.05. The molecule has 0 fully saturated rings. The number of carbonyl (C=O) groups is 1. The molecule has 4 rings (SSSR count). The zero-order valence-corrected chi connectivity index (χ0v) is 17.5. The number of nitrogens with zero attached hydrogens (tertiary/aromatic N) is 4. The first-order valence-electron chi connectivity index (χ1n) is 9.01. The van der Waals surface area contributed by atoms with E-state index in [1.54, 1.807) is 12.1 Å². The van der Waals surface area contributed by atoms with Gasteiger partial charge in [-0.3, -0.25) is 9.89 Å². The molecule has 0 saturated heterocycles. The van der Waals surface area contributed by atoms with Gasteiger partial charge in [0.1, 0.15) is 5.69 Å². The molecule has 1 amide bonds. The molecule has 8 nitrogen and oxygen atoms in total. The maximum Gasteiger partial charge on any atom is 0.234 e. The standard InChI is InChI=1S/C20H18ClN7OS/c1-12-2-8-15(9-3-12)23-18(29)11-30-20-27-26-19(28(20)22)17-10-16(24-25-17)13-4-6-14(21)7-5-13/h2-10H,11,22H2,1H3,(H,23,29)(H,24,25). The molecular weight excluding hydrogens is 422 g/mol. The Morgan fingerprint density at radius 3 is 2.63 bits per heavy atom. The number of aromatic nitrogens is 5. The van der Waals surface area contributed by atoms with Gasteiger partial charge in [-0.1, -0.05) is 53.2 Å².